The molecule has 0 aliphatic carbocycles. The van der Waals surface area contributed by atoms with Crippen LogP contribution in [0.1, 0.15) is 5.76 Å². The van der Waals surface area contributed by atoms with E-state index in [2.05, 4.69) is 5.16 Å². The molecule has 1 heterocycles. The molecule has 0 atom stereocenters. The van der Waals surface area contributed by atoms with E-state index in [9.17, 15) is 4.79 Å². The van der Waals surface area contributed by atoms with Crippen LogP contribution in [0.2, 0.25) is 10.0 Å². The standard InChI is InChI=1S/C19H15Cl2NO5/c1-24-14-5-2-12(3-6-14)17-9-15(27-22-17)10-26-19(23)11-25-18-7-4-13(20)8-16(18)21/h2-9H,10-11H2,1H3. The van der Waals surface area contributed by atoms with Gasteiger partial charge < -0.3 is 18.7 Å². The number of ether oxygens (including phenoxy) is 3. The lowest BCUT2D eigenvalue weighted by molar-refractivity contribution is -0.147. The fraction of sp³-hybridized carbons (Fsp3) is 0.158. The lowest BCUT2D eigenvalue weighted by Crippen LogP contribution is -2.14. The highest BCUT2D eigenvalue weighted by molar-refractivity contribution is 6.35. The molecule has 8 heteroatoms. The van der Waals surface area contributed by atoms with Crippen LogP contribution in [0.25, 0.3) is 11.3 Å². The van der Waals surface area contributed by atoms with E-state index in [4.69, 9.17) is 41.9 Å². The highest BCUT2D eigenvalue weighted by Gasteiger charge is 2.11. The van der Waals surface area contributed by atoms with Crippen molar-refractivity contribution in [2.75, 3.05) is 13.7 Å². The Bertz CT molecular complexity index is 924. The quantitative estimate of drug-likeness (QED) is 0.524. The van der Waals surface area contributed by atoms with E-state index in [0.29, 0.717) is 27.2 Å². The molecule has 0 unspecified atom stereocenters. The minimum absolute atomic E-state index is 0.0559. The molecule has 0 aliphatic rings. The van der Waals surface area contributed by atoms with E-state index in [0.717, 1.165) is 11.3 Å². The van der Waals surface area contributed by atoms with Gasteiger partial charge in [0.05, 0.1) is 12.1 Å². The minimum Gasteiger partial charge on any atom is -0.497 e. The van der Waals surface area contributed by atoms with Crippen molar-refractivity contribution in [1.29, 1.82) is 0 Å². The van der Waals surface area contributed by atoms with Crippen LogP contribution in [0.5, 0.6) is 11.5 Å². The summed E-state index contributed by atoms with van der Waals surface area (Å²) in [5.41, 5.74) is 1.49. The van der Waals surface area contributed by atoms with Gasteiger partial charge in [-0.3, -0.25) is 0 Å². The Morgan fingerprint density at radius 3 is 2.59 bits per heavy atom. The molecule has 0 N–H and O–H groups in total. The molecule has 0 radical (unpaired) electrons. The third-order valence-electron chi connectivity index (χ3n) is 3.56. The van der Waals surface area contributed by atoms with E-state index in [1.54, 1.807) is 25.3 Å². The van der Waals surface area contributed by atoms with Crippen molar-refractivity contribution in [2.24, 2.45) is 0 Å². The van der Waals surface area contributed by atoms with Crippen LogP contribution in [0.4, 0.5) is 0 Å². The van der Waals surface area contributed by atoms with Crippen LogP contribution in [0.3, 0.4) is 0 Å². The van der Waals surface area contributed by atoms with Gasteiger partial charge in [-0.15, -0.1) is 0 Å². The SMILES string of the molecule is COc1ccc(-c2cc(COC(=O)COc3ccc(Cl)cc3Cl)on2)cc1. The van der Waals surface area contributed by atoms with Crippen LogP contribution >= 0.6 is 23.2 Å². The summed E-state index contributed by atoms with van der Waals surface area (Å²) in [4.78, 5) is 11.8. The Morgan fingerprint density at radius 2 is 1.89 bits per heavy atom. The first-order valence-corrected chi connectivity index (χ1v) is 8.64. The van der Waals surface area contributed by atoms with Crippen LogP contribution in [-0.2, 0) is 16.1 Å². The minimum atomic E-state index is -0.566. The fourth-order valence-corrected chi connectivity index (χ4v) is 2.66. The lowest BCUT2D eigenvalue weighted by Gasteiger charge is -2.07. The highest BCUT2D eigenvalue weighted by Crippen LogP contribution is 2.27. The summed E-state index contributed by atoms with van der Waals surface area (Å²) in [6.07, 6.45) is 0. The zero-order valence-corrected chi connectivity index (χ0v) is 15.8. The average Bonchev–Trinajstić information content (AvgIpc) is 3.15. The summed E-state index contributed by atoms with van der Waals surface area (Å²) in [5.74, 6) is 0.943. The molecule has 0 fully saturated rings. The van der Waals surface area contributed by atoms with Crippen molar-refractivity contribution in [1.82, 2.24) is 5.16 Å². The number of benzene rings is 2. The molecule has 140 valence electrons. The lowest BCUT2D eigenvalue weighted by atomic mass is 10.1. The van der Waals surface area contributed by atoms with Crippen LogP contribution in [-0.4, -0.2) is 24.8 Å². The van der Waals surface area contributed by atoms with Crippen molar-refractivity contribution in [3.63, 3.8) is 0 Å². The van der Waals surface area contributed by atoms with Gasteiger partial charge in [-0.05, 0) is 42.5 Å². The topological polar surface area (TPSA) is 70.8 Å². The molecule has 0 aliphatic heterocycles. The van der Waals surface area contributed by atoms with Crippen molar-refractivity contribution in [3.8, 4) is 22.8 Å². The maximum atomic E-state index is 11.8. The van der Waals surface area contributed by atoms with E-state index < -0.39 is 5.97 Å². The highest BCUT2D eigenvalue weighted by atomic mass is 35.5. The summed E-state index contributed by atoms with van der Waals surface area (Å²) in [6.45, 7) is -0.347. The monoisotopic (exact) mass is 407 g/mol. The number of carbonyl (C=O) groups is 1. The van der Waals surface area contributed by atoms with E-state index >= 15 is 0 Å². The van der Waals surface area contributed by atoms with Crippen LogP contribution < -0.4 is 9.47 Å². The molecule has 3 aromatic rings. The van der Waals surface area contributed by atoms with E-state index in [1.807, 2.05) is 24.3 Å². The number of carbonyl (C=O) groups excluding carboxylic acids is 1. The Labute approximate surface area is 165 Å². The first-order chi connectivity index (χ1) is 13.0. The number of rotatable bonds is 7. The number of hydrogen-bond acceptors (Lipinski definition) is 6. The molecule has 0 saturated heterocycles. The molecule has 1 aromatic heterocycles. The number of esters is 1. The number of halogens is 2. The second-order valence-corrected chi connectivity index (χ2v) is 6.27. The normalized spacial score (nSPS) is 10.5. The average molecular weight is 408 g/mol. The smallest absolute Gasteiger partial charge is 0.344 e. The Hall–Kier alpha value is -2.70. The zero-order valence-electron chi connectivity index (χ0n) is 14.3. The molecule has 0 amide bonds. The Morgan fingerprint density at radius 1 is 1.11 bits per heavy atom. The molecule has 0 spiro atoms. The largest absolute Gasteiger partial charge is 0.497 e. The molecule has 0 bridgehead atoms. The third-order valence-corrected chi connectivity index (χ3v) is 4.09. The summed E-state index contributed by atoms with van der Waals surface area (Å²) in [7, 11) is 1.60. The van der Waals surface area contributed by atoms with Gasteiger partial charge in [0.1, 0.15) is 17.2 Å². The first-order valence-electron chi connectivity index (χ1n) is 7.88. The number of aromatic nitrogens is 1. The number of hydrogen-bond donors (Lipinski definition) is 0. The van der Waals surface area contributed by atoms with Gasteiger partial charge >= 0.3 is 5.97 Å². The predicted octanol–water partition coefficient (Wildman–Crippen LogP) is 4.78. The van der Waals surface area contributed by atoms with Crippen molar-refractivity contribution >= 4 is 29.2 Å². The first kappa shape index (κ1) is 19.1. The van der Waals surface area contributed by atoms with Gasteiger partial charge in [-0.25, -0.2) is 4.79 Å². The summed E-state index contributed by atoms with van der Waals surface area (Å²) < 4.78 is 20.7. The molecule has 0 saturated carbocycles. The maximum Gasteiger partial charge on any atom is 0.344 e. The number of nitrogens with zero attached hydrogens (tertiary/aromatic N) is 1. The third kappa shape index (κ3) is 5.15. The molecule has 6 nitrogen and oxygen atoms in total. The van der Waals surface area contributed by atoms with Gasteiger partial charge in [-0.2, -0.15) is 0 Å². The van der Waals surface area contributed by atoms with E-state index in [-0.39, 0.29) is 13.2 Å². The molecular formula is C19H15Cl2NO5. The fourth-order valence-electron chi connectivity index (χ4n) is 2.20. The van der Waals surface area contributed by atoms with Crippen molar-refractivity contribution < 1.29 is 23.5 Å². The zero-order chi connectivity index (χ0) is 19.2. The molecule has 27 heavy (non-hydrogen) atoms. The molecular weight excluding hydrogens is 393 g/mol. The summed E-state index contributed by atoms with van der Waals surface area (Å²) in [6, 6.07) is 13.8. The van der Waals surface area contributed by atoms with Gasteiger partial charge in [0, 0.05) is 16.7 Å². The molecule has 3 rings (SSSR count). The van der Waals surface area contributed by atoms with Gasteiger partial charge in [-0.1, -0.05) is 28.4 Å². The summed E-state index contributed by atoms with van der Waals surface area (Å²) in [5, 5.41) is 4.76. The van der Waals surface area contributed by atoms with Crippen molar-refractivity contribution in [3.05, 3.63) is 64.3 Å². The van der Waals surface area contributed by atoms with Crippen molar-refractivity contribution in [2.45, 2.75) is 6.61 Å². The van der Waals surface area contributed by atoms with Gasteiger partial charge in [0.25, 0.3) is 0 Å². The maximum absolute atomic E-state index is 11.8. The summed E-state index contributed by atoms with van der Waals surface area (Å²) >= 11 is 11.8. The van der Waals surface area contributed by atoms with E-state index in [1.165, 1.54) is 6.07 Å². The second kappa shape index (κ2) is 8.79. The number of methoxy groups -OCH3 is 1. The Balaban J connectivity index is 1.51. The predicted molar refractivity (Wildman–Crippen MR) is 100 cm³/mol. The van der Waals surface area contributed by atoms with Crippen LogP contribution in [0, 0.1) is 0 Å². The second-order valence-electron chi connectivity index (χ2n) is 5.43. The Kier molecular flexibility index (Phi) is 6.21. The molecule has 2 aromatic carbocycles. The van der Waals surface area contributed by atoms with Crippen LogP contribution in [0.15, 0.2) is 53.1 Å². The van der Waals surface area contributed by atoms with Gasteiger partial charge in [0.2, 0.25) is 0 Å². The van der Waals surface area contributed by atoms with Gasteiger partial charge in [0.15, 0.2) is 19.0 Å².